The first-order chi connectivity index (χ1) is 4.84. The summed E-state index contributed by atoms with van der Waals surface area (Å²) in [6, 6.07) is 0.0961. The second-order valence-corrected chi connectivity index (χ2v) is 2.70. The zero-order valence-corrected chi connectivity index (χ0v) is 7.65. The van der Waals surface area contributed by atoms with Crippen LogP contribution >= 0.6 is 0 Å². The van der Waals surface area contributed by atoms with Crippen LogP contribution in [0.25, 0.3) is 0 Å². The van der Waals surface area contributed by atoms with Gasteiger partial charge in [-0.2, -0.15) is 0 Å². The Morgan fingerprint density at radius 1 is 1.27 bits per heavy atom. The second kappa shape index (κ2) is 5.53. The monoisotopic (exact) mass is 172 g/mol. The van der Waals surface area contributed by atoms with Gasteiger partial charge in [0.2, 0.25) is 6.04 Å². The van der Waals surface area contributed by atoms with Gasteiger partial charge in [0.15, 0.2) is 0 Å². The molecule has 0 radical (unpaired) electrons. The van der Waals surface area contributed by atoms with E-state index in [4.69, 9.17) is 10.8 Å². The van der Waals surface area contributed by atoms with E-state index >= 15 is 0 Å². The standard InChI is InChI=1S/C6H12N2O2.Al/c7-8(10-9)6-4-2-1-3-5-6;/h6-7H,1-5H2;/q;+3/p+1. The number of hydrogen-bond acceptors (Lipinski definition) is 3. The molecule has 1 saturated carbocycles. The topological polar surface area (TPSA) is 56.3 Å². The summed E-state index contributed by atoms with van der Waals surface area (Å²) in [5.41, 5.74) is 7.08. The fraction of sp³-hybridized carbons (Fsp3) is 1.00. The maximum Gasteiger partial charge on any atom is 3.00 e. The third kappa shape index (κ3) is 3.19. The molecule has 0 unspecified atom stereocenters. The Morgan fingerprint density at radius 2 is 1.82 bits per heavy atom. The molecule has 0 saturated heterocycles. The van der Waals surface area contributed by atoms with Crippen molar-refractivity contribution in [2.75, 3.05) is 0 Å². The van der Waals surface area contributed by atoms with E-state index in [1.54, 1.807) is 0 Å². The SMILES string of the molecule is N=[N+](OO)C1CCCCC1.[Al+3]. The van der Waals surface area contributed by atoms with Crippen LogP contribution in [-0.4, -0.2) is 33.5 Å². The zero-order valence-electron chi connectivity index (χ0n) is 6.49. The van der Waals surface area contributed by atoms with Crippen molar-refractivity contribution in [1.82, 2.24) is 0 Å². The molecule has 0 aromatic carbocycles. The van der Waals surface area contributed by atoms with Gasteiger partial charge < -0.3 is 0 Å². The number of nitrogens with zero attached hydrogens (tertiary/aromatic N) is 1. The van der Waals surface area contributed by atoms with Crippen molar-refractivity contribution in [3.8, 4) is 0 Å². The van der Waals surface area contributed by atoms with Gasteiger partial charge in [-0.1, -0.05) is 11.4 Å². The summed E-state index contributed by atoms with van der Waals surface area (Å²) in [7, 11) is 0. The largest absolute Gasteiger partial charge is 3.00 e. The van der Waals surface area contributed by atoms with Gasteiger partial charge in [-0.15, -0.1) is 5.26 Å². The molecule has 2 N–H and O–H groups in total. The molecule has 1 rings (SSSR count). The molecule has 0 amide bonds. The Balaban J connectivity index is 0.000001000. The van der Waals surface area contributed by atoms with E-state index in [1.165, 1.54) is 6.42 Å². The van der Waals surface area contributed by atoms with Crippen LogP contribution in [0.15, 0.2) is 0 Å². The van der Waals surface area contributed by atoms with Gasteiger partial charge in [0.25, 0.3) is 0 Å². The molecule has 1 aliphatic rings. The minimum Gasteiger partial charge on any atom is -0.141 e. The third-order valence-corrected chi connectivity index (χ3v) is 1.99. The van der Waals surface area contributed by atoms with E-state index < -0.39 is 0 Å². The van der Waals surface area contributed by atoms with Gasteiger partial charge in [-0.25, -0.2) is 0 Å². The summed E-state index contributed by atoms with van der Waals surface area (Å²) in [5.74, 6) is 0. The van der Waals surface area contributed by atoms with Crippen molar-refractivity contribution in [2.45, 2.75) is 38.1 Å². The fourth-order valence-corrected chi connectivity index (χ4v) is 1.38. The number of hydroxylamine groups is 1. The molecule has 58 valence electrons. The first-order valence-corrected chi connectivity index (χ1v) is 3.66. The van der Waals surface area contributed by atoms with Crippen molar-refractivity contribution >= 4 is 17.4 Å². The molecular formula is C6H13AlN2O2+4. The van der Waals surface area contributed by atoms with Crippen molar-refractivity contribution < 1.29 is 15.1 Å². The van der Waals surface area contributed by atoms with Crippen molar-refractivity contribution in [3.05, 3.63) is 0 Å². The molecule has 1 fully saturated rings. The Morgan fingerprint density at radius 3 is 2.27 bits per heavy atom. The normalized spacial score (nSPS) is 18.6. The molecule has 4 nitrogen and oxygen atoms in total. The van der Waals surface area contributed by atoms with Gasteiger partial charge in [0.05, 0.1) is 0 Å². The Bertz CT molecular complexity index is 126. The quantitative estimate of drug-likeness (QED) is 0.217. The molecule has 0 spiro atoms. The van der Waals surface area contributed by atoms with Crippen molar-refractivity contribution in [2.24, 2.45) is 0 Å². The van der Waals surface area contributed by atoms with Crippen LogP contribution in [0, 0.1) is 5.53 Å². The Labute approximate surface area is 76.7 Å². The van der Waals surface area contributed by atoms with Crippen LogP contribution in [-0.2, 0) is 4.99 Å². The van der Waals surface area contributed by atoms with Crippen molar-refractivity contribution in [1.29, 1.82) is 5.53 Å². The molecule has 0 atom stereocenters. The molecular weight excluding hydrogens is 159 g/mol. The van der Waals surface area contributed by atoms with Crippen LogP contribution in [0.5, 0.6) is 0 Å². The predicted molar refractivity (Wildman–Crippen MR) is 39.3 cm³/mol. The molecule has 5 heteroatoms. The van der Waals surface area contributed by atoms with E-state index in [0.717, 1.165) is 30.5 Å². The minimum atomic E-state index is 0. The predicted octanol–water partition coefficient (Wildman–Crippen LogP) is 1.39. The molecule has 11 heavy (non-hydrogen) atoms. The summed E-state index contributed by atoms with van der Waals surface area (Å²) < 4.78 is 0. The van der Waals surface area contributed by atoms with Crippen LogP contribution in [0.4, 0.5) is 0 Å². The molecule has 0 aromatic heterocycles. The van der Waals surface area contributed by atoms with E-state index in [2.05, 4.69) is 4.99 Å². The summed E-state index contributed by atoms with van der Waals surface area (Å²) in [5, 5.41) is 8.13. The molecule has 0 aromatic rings. The number of rotatable bonds is 2. The van der Waals surface area contributed by atoms with Crippen LogP contribution in [0.2, 0.25) is 0 Å². The molecule has 0 bridgehead atoms. The van der Waals surface area contributed by atoms with Crippen molar-refractivity contribution in [3.63, 3.8) is 0 Å². The van der Waals surface area contributed by atoms with E-state index in [-0.39, 0.29) is 23.4 Å². The average molecular weight is 172 g/mol. The van der Waals surface area contributed by atoms with E-state index in [1.807, 2.05) is 0 Å². The minimum absolute atomic E-state index is 0. The first-order valence-electron chi connectivity index (χ1n) is 3.66. The van der Waals surface area contributed by atoms with Gasteiger partial charge in [0.1, 0.15) is 4.86 Å². The average Bonchev–Trinajstić information content (AvgIpc) is 2.05. The fourth-order valence-electron chi connectivity index (χ4n) is 1.38. The molecule has 0 aliphatic heterocycles. The maximum absolute atomic E-state index is 8.13. The molecule has 0 heterocycles. The van der Waals surface area contributed by atoms with Gasteiger partial charge in [-0.3, -0.25) is 0 Å². The first kappa shape index (κ1) is 10.9. The summed E-state index contributed by atoms with van der Waals surface area (Å²) in [4.78, 5) is 4.58. The molecule has 1 aliphatic carbocycles. The van der Waals surface area contributed by atoms with Crippen LogP contribution < -0.4 is 0 Å². The number of nitrogens with one attached hydrogen (secondary N) is 1. The van der Waals surface area contributed by atoms with Crippen LogP contribution in [0.3, 0.4) is 0 Å². The van der Waals surface area contributed by atoms with Gasteiger partial charge in [-0.05, 0) is 18.4 Å². The smallest absolute Gasteiger partial charge is 0.141 e. The maximum atomic E-state index is 8.13. The van der Waals surface area contributed by atoms with Gasteiger partial charge >= 0.3 is 17.4 Å². The second-order valence-electron chi connectivity index (χ2n) is 2.70. The van der Waals surface area contributed by atoms with E-state index in [0.29, 0.717) is 0 Å². The zero-order chi connectivity index (χ0) is 7.40. The van der Waals surface area contributed by atoms with E-state index in [9.17, 15) is 0 Å². The van der Waals surface area contributed by atoms with Crippen LogP contribution in [0.1, 0.15) is 32.1 Å². The Hall–Kier alpha value is -0.108. The van der Waals surface area contributed by atoms with Gasteiger partial charge in [0, 0.05) is 12.8 Å². The Kier molecular flexibility index (Phi) is 5.48. The summed E-state index contributed by atoms with van der Waals surface area (Å²) in [6.07, 6.45) is 5.46. The summed E-state index contributed by atoms with van der Waals surface area (Å²) in [6.45, 7) is 0. The third-order valence-electron chi connectivity index (χ3n) is 1.99. The summed E-state index contributed by atoms with van der Waals surface area (Å²) >= 11 is 0. The number of hydrogen-bond donors (Lipinski definition) is 2.